The predicted octanol–water partition coefficient (Wildman–Crippen LogP) is 0.637. The molecule has 1 fully saturated rings. The van der Waals surface area contributed by atoms with E-state index < -0.39 is 0 Å². The number of fused-ring (bicyclic) bond motifs is 1. The third-order valence-corrected chi connectivity index (χ3v) is 4.01. The van der Waals surface area contributed by atoms with Gasteiger partial charge in [-0.15, -0.1) is 0 Å². The van der Waals surface area contributed by atoms with Gasteiger partial charge in [-0.3, -0.25) is 4.79 Å². The Kier molecular flexibility index (Phi) is 3.90. The molecular formula is C15H20N4O2. The third kappa shape index (κ3) is 2.77. The zero-order valence-electron chi connectivity index (χ0n) is 12.0. The number of piperidine rings is 1. The maximum Gasteiger partial charge on any atom is 0.217 e. The lowest BCUT2D eigenvalue weighted by molar-refractivity contribution is -0.119. The number of H-pyrrole nitrogens is 1. The highest BCUT2D eigenvalue weighted by molar-refractivity contribution is 5.79. The zero-order chi connectivity index (χ0) is 14.8. The van der Waals surface area contributed by atoms with Gasteiger partial charge in [-0.25, -0.2) is 4.98 Å². The van der Waals surface area contributed by atoms with Gasteiger partial charge in [0, 0.05) is 31.0 Å². The monoisotopic (exact) mass is 288 g/mol. The minimum absolute atomic E-state index is 0.0148. The molecule has 1 aliphatic rings. The third-order valence-electron chi connectivity index (χ3n) is 4.01. The summed E-state index contributed by atoms with van der Waals surface area (Å²) in [6.07, 6.45) is 0.883. The molecule has 1 amide bonds. The lowest BCUT2D eigenvalue weighted by Gasteiger charge is -2.31. The van der Waals surface area contributed by atoms with Gasteiger partial charge in [-0.1, -0.05) is 12.1 Å². The quantitative estimate of drug-likeness (QED) is 0.667. The van der Waals surface area contributed by atoms with Crippen molar-refractivity contribution in [1.82, 2.24) is 20.6 Å². The summed E-state index contributed by atoms with van der Waals surface area (Å²) in [5, 5.41) is 15.8. The number of carbonyl (C=O) groups excluding carboxylic acids is 1. The van der Waals surface area contributed by atoms with E-state index in [0.29, 0.717) is 0 Å². The number of hydrogen-bond acceptors (Lipinski definition) is 4. The van der Waals surface area contributed by atoms with Gasteiger partial charge in [0.15, 0.2) is 0 Å². The van der Waals surface area contributed by atoms with Crippen LogP contribution in [0.2, 0.25) is 0 Å². The predicted molar refractivity (Wildman–Crippen MR) is 79.8 cm³/mol. The first-order chi connectivity index (χ1) is 10.2. The number of aliphatic hydroxyl groups excluding tert-OH is 1. The average Bonchev–Trinajstić information content (AvgIpc) is 2.90. The van der Waals surface area contributed by atoms with E-state index in [2.05, 4.69) is 20.6 Å². The number of amides is 1. The second kappa shape index (κ2) is 5.83. The van der Waals surface area contributed by atoms with E-state index in [1.54, 1.807) is 6.92 Å². The van der Waals surface area contributed by atoms with Gasteiger partial charge in [0.2, 0.25) is 5.91 Å². The number of benzene rings is 1. The number of imidazole rings is 1. The van der Waals surface area contributed by atoms with Crippen LogP contribution in [0.15, 0.2) is 18.2 Å². The first-order valence-electron chi connectivity index (χ1n) is 7.25. The molecule has 21 heavy (non-hydrogen) atoms. The highest BCUT2D eigenvalue weighted by Gasteiger charge is 2.29. The van der Waals surface area contributed by atoms with Crippen LogP contribution in [0.3, 0.4) is 0 Å². The van der Waals surface area contributed by atoms with E-state index in [0.717, 1.165) is 41.9 Å². The van der Waals surface area contributed by atoms with E-state index in [1.165, 1.54) is 0 Å². The van der Waals surface area contributed by atoms with Crippen molar-refractivity contribution in [3.8, 4) is 0 Å². The summed E-state index contributed by atoms with van der Waals surface area (Å²) >= 11 is 0. The Hall–Kier alpha value is -1.92. The van der Waals surface area contributed by atoms with Gasteiger partial charge in [-0.2, -0.15) is 0 Å². The van der Waals surface area contributed by atoms with E-state index in [4.69, 9.17) is 0 Å². The molecule has 0 radical (unpaired) electrons. The smallest absolute Gasteiger partial charge is 0.217 e. The summed E-state index contributed by atoms with van der Waals surface area (Å²) in [7, 11) is 0. The fourth-order valence-electron chi connectivity index (χ4n) is 2.99. The summed E-state index contributed by atoms with van der Waals surface area (Å²) in [4.78, 5) is 19.4. The van der Waals surface area contributed by atoms with Crippen LogP contribution in [0.4, 0.5) is 0 Å². The van der Waals surface area contributed by atoms with Crippen LogP contribution >= 0.6 is 0 Å². The fraction of sp³-hybridized carbons (Fsp3) is 0.467. The van der Waals surface area contributed by atoms with Crippen LogP contribution in [0, 0.1) is 0 Å². The highest BCUT2D eigenvalue weighted by Crippen LogP contribution is 2.25. The molecule has 2 atom stereocenters. The maximum atomic E-state index is 11.4. The van der Waals surface area contributed by atoms with E-state index in [-0.39, 0.29) is 24.5 Å². The second-order valence-electron chi connectivity index (χ2n) is 5.50. The van der Waals surface area contributed by atoms with Crippen LogP contribution < -0.4 is 10.6 Å². The molecule has 3 rings (SSSR count). The van der Waals surface area contributed by atoms with Crippen molar-refractivity contribution in [3.05, 3.63) is 29.6 Å². The second-order valence-corrected chi connectivity index (χ2v) is 5.50. The molecule has 112 valence electrons. The van der Waals surface area contributed by atoms with Gasteiger partial charge in [0.05, 0.1) is 17.6 Å². The number of para-hydroxylation sites is 1. The largest absolute Gasteiger partial charge is 0.392 e. The molecule has 1 aromatic heterocycles. The van der Waals surface area contributed by atoms with Crippen LogP contribution in [0.1, 0.15) is 30.7 Å². The van der Waals surface area contributed by atoms with Crippen LogP contribution in [0.25, 0.3) is 11.0 Å². The molecule has 0 unspecified atom stereocenters. The number of hydrogen-bond donors (Lipinski definition) is 4. The van der Waals surface area contributed by atoms with Crippen molar-refractivity contribution >= 4 is 16.9 Å². The standard InChI is InChI=1S/C15H20N4O2/c1-9(21)17-12-5-6-16-7-11(12)15-18-13-4-2-3-10(8-20)14(13)19-15/h2-4,11-12,16,20H,5-8H2,1H3,(H,17,21)(H,18,19)/t11-,12+/m0/s1. The SMILES string of the molecule is CC(=O)N[C@@H]1CCNC[C@@H]1c1nc2c(CO)cccc2[nH]1. The number of aromatic nitrogens is 2. The van der Waals surface area contributed by atoms with Gasteiger partial charge in [-0.05, 0) is 19.0 Å². The average molecular weight is 288 g/mol. The number of aromatic amines is 1. The first-order valence-corrected chi connectivity index (χ1v) is 7.25. The molecule has 6 heteroatoms. The maximum absolute atomic E-state index is 11.4. The van der Waals surface area contributed by atoms with Gasteiger partial charge >= 0.3 is 0 Å². The van der Waals surface area contributed by atoms with Gasteiger partial charge in [0.25, 0.3) is 0 Å². The molecule has 0 spiro atoms. The molecule has 0 bridgehead atoms. The van der Waals surface area contributed by atoms with Crippen molar-refractivity contribution in [1.29, 1.82) is 0 Å². The Morgan fingerprint density at radius 2 is 2.38 bits per heavy atom. The molecule has 2 aromatic rings. The Morgan fingerprint density at radius 1 is 1.52 bits per heavy atom. The van der Waals surface area contributed by atoms with Crippen molar-refractivity contribution < 1.29 is 9.90 Å². The zero-order valence-corrected chi connectivity index (χ0v) is 12.0. The molecule has 1 aromatic carbocycles. The van der Waals surface area contributed by atoms with Crippen molar-refractivity contribution in [2.24, 2.45) is 0 Å². The molecule has 6 nitrogen and oxygen atoms in total. The number of nitrogens with zero attached hydrogens (tertiary/aromatic N) is 1. The highest BCUT2D eigenvalue weighted by atomic mass is 16.3. The lowest BCUT2D eigenvalue weighted by Crippen LogP contribution is -2.47. The van der Waals surface area contributed by atoms with Crippen LogP contribution in [0.5, 0.6) is 0 Å². The number of rotatable bonds is 3. The fourth-order valence-corrected chi connectivity index (χ4v) is 2.99. The molecular weight excluding hydrogens is 268 g/mol. The summed E-state index contributed by atoms with van der Waals surface area (Å²) in [6, 6.07) is 5.81. The molecule has 1 saturated heterocycles. The van der Waals surface area contributed by atoms with Gasteiger partial charge in [0.1, 0.15) is 5.82 Å². The Bertz CT molecular complexity index is 652. The van der Waals surface area contributed by atoms with E-state index in [1.807, 2.05) is 18.2 Å². The van der Waals surface area contributed by atoms with Crippen molar-refractivity contribution in [2.75, 3.05) is 13.1 Å². The normalized spacial score (nSPS) is 22.4. The van der Waals surface area contributed by atoms with Crippen LogP contribution in [-0.2, 0) is 11.4 Å². The molecule has 4 N–H and O–H groups in total. The Morgan fingerprint density at radius 3 is 3.14 bits per heavy atom. The summed E-state index contributed by atoms with van der Waals surface area (Å²) in [5.74, 6) is 0.956. The Balaban J connectivity index is 1.95. The molecule has 0 aliphatic carbocycles. The molecule has 1 aliphatic heterocycles. The summed E-state index contributed by atoms with van der Waals surface area (Å²) < 4.78 is 0. The van der Waals surface area contributed by atoms with Crippen LogP contribution in [-0.4, -0.2) is 40.1 Å². The molecule has 2 heterocycles. The summed E-state index contributed by atoms with van der Waals surface area (Å²) in [6.45, 7) is 3.18. The topological polar surface area (TPSA) is 90.0 Å². The summed E-state index contributed by atoms with van der Waals surface area (Å²) in [5.41, 5.74) is 2.54. The first kappa shape index (κ1) is 14.0. The number of aliphatic hydroxyl groups is 1. The minimum atomic E-state index is -0.0281. The number of carbonyl (C=O) groups is 1. The van der Waals surface area contributed by atoms with E-state index in [9.17, 15) is 9.90 Å². The number of nitrogens with one attached hydrogen (secondary N) is 3. The van der Waals surface area contributed by atoms with Crippen molar-refractivity contribution in [3.63, 3.8) is 0 Å². The molecule has 0 saturated carbocycles. The minimum Gasteiger partial charge on any atom is -0.392 e. The Labute approximate surface area is 123 Å². The van der Waals surface area contributed by atoms with E-state index >= 15 is 0 Å². The van der Waals surface area contributed by atoms with Crippen molar-refractivity contribution in [2.45, 2.75) is 31.9 Å². The lowest BCUT2D eigenvalue weighted by atomic mass is 9.92. The van der Waals surface area contributed by atoms with Gasteiger partial charge < -0.3 is 20.7 Å².